The van der Waals surface area contributed by atoms with Crippen LogP contribution in [-0.4, -0.2) is 122 Å². The minimum atomic E-state index is -1.35. The normalized spacial score (nSPS) is 20.5. The van der Waals surface area contributed by atoms with Crippen LogP contribution in [0.1, 0.15) is 5.76 Å². The average molecular weight is 464 g/mol. The number of β-lactam (4-membered cyclic amide) rings is 1. The van der Waals surface area contributed by atoms with Crippen molar-refractivity contribution in [3.05, 3.63) is 35.4 Å². The van der Waals surface area contributed by atoms with E-state index in [1.807, 2.05) is 0 Å². The molecule has 3 heterocycles. The van der Waals surface area contributed by atoms with Crippen molar-refractivity contribution < 1.29 is 38.3 Å². The van der Waals surface area contributed by atoms with Gasteiger partial charge in [0.25, 0.3) is 11.8 Å². The quantitative estimate of drug-likeness (QED) is 0.194. The number of primary amides is 1. The standard InChI is InChI=1S/C16H16N4O8S.K.H/c1-26-19-9(8-3-2-4-27-8)12(21)18-10-13(22)20-11(15(23)24)7(5-28-16(17)25)6-29-14(10)20;;/h2-4,10,14H,5-6H2,1H3,(H2,17,25)(H,18,21)(H,23,24);;/b19-9+;;/t10-,14-;;/m1../s1. The predicted octanol–water partition coefficient (Wildman–Crippen LogP) is -1.18. The van der Waals surface area contributed by atoms with Crippen molar-refractivity contribution in [1.82, 2.24) is 10.2 Å². The van der Waals surface area contributed by atoms with Crippen molar-refractivity contribution in [1.29, 1.82) is 0 Å². The van der Waals surface area contributed by atoms with Crippen LogP contribution in [0.15, 0.2) is 39.2 Å². The van der Waals surface area contributed by atoms with Crippen LogP contribution in [0.4, 0.5) is 4.79 Å². The maximum atomic E-state index is 12.6. The number of rotatable bonds is 7. The summed E-state index contributed by atoms with van der Waals surface area (Å²) < 4.78 is 9.79. The number of amides is 3. The Morgan fingerprint density at radius 2 is 2.20 bits per heavy atom. The van der Waals surface area contributed by atoms with Crippen LogP contribution < -0.4 is 11.1 Å². The van der Waals surface area contributed by atoms with Crippen LogP contribution in [0.25, 0.3) is 0 Å². The Kier molecular flexibility index (Phi) is 8.51. The third kappa shape index (κ3) is 4.89. The summed E-state index contributed by atoms with van der Waals surface area (Å²) in [6, 6.07) is 2.08. The third-order valence-corrected chi connectivity index (χ3v) is 5.42. The van der Waals surface area contributed by atoms with E-state index in [0.29, 0.717) is 0 Å². The second-order valence-corrected chi connectivity index (χ2v) is 6.93. The molecule has 0 aromatic carbocycles. The van der Waals surface area contributed by atoms with Gasteiger partial charge in [0, 0.05) is 11.3 Å². The molecule has 156 valence electrons. The number of carboxylic acid groups (broad SMARTS) is 1. The van der Waals surface area contributed by atoms with Crippen molar-refractivity contribution >= 4 is 92.7 Å². The Labute approximate surface area is 216 Å². The Balaban J connectivity index is 0.00000320. The Bertz CT molecular complexity index is 916. The van der Waals surface area contributed by atoms with Crippen LogP contribution in [0.3, 0.4) is 0 Å². The molecule has 0 saturated carbocycles. The number of hydrogen-bond donors (Lipinski definition) is 3. The molecule has 1 fully saturated rings. The number of aliphatic carboxylic acids is 1. The van der Waals surface area contributed by atoms with Gasteiger partial charge in [0.1, 0.15) is 30.8 Å². The summed E-state index contributed by atoms with van der Waals surface area (Å²) in [5, 5.41) is 15.0. The summed E-state index contributed by atoms with van der Waals surface area (Å²) in [6.07, 6.45) is 0.290. The Morgan fingerprint density at radius 1 is 1.47 bits per heavy atom. The van der Waals surface area contributed by atoms with E-state index in [1.54, 1.807) is 6.07 Å². The molecule has 2 atom stereocenters. The van der Waals surface area contributed by atoms with Crippen molar-refractivity contribution in [2.24, 2.45) is 10.9 Å². The summed E-state index contributed by atoms with van der Waals surface area (Å²) >= 11 is 1.21. The SMILES string of the molecule is CO/N=C(/C(=O)N[C@@H]1C(=O)N2C(C(=O)O)=C(COC(N)=O)CS[C@H]12)c1ccco1.[KH]. The number of ether oxygens (including phenoxy) is 1. The monoisotopic (exact) mass is 464 g/mol. The zero-order valence-electron chi connectivity index (χ0n) is 15.0. The predicted molar refractivity (Wildman–Crippen MR) is 105 cm³/mol. The molecule has 0 bridgehead atoms. The van der Waals surface area contributed by atoms with Crippen LogP contribution in [0, 0.1) is 0 Å². The average Bonchev–Trinajstić information content (AvgIpc) is 3.21. The molecule has 0 radical (unpaired) electrons. The fourth-order valence-electron chi connectivity index (χ4n) is 2.87. The van der Waals surface area contributed by atoms with E-state index >= 15 is 0 Å². The van der Waals surface area contributed by atoms with Gasteiger partial charge in [-0.25, -0.2) is 9.59 Å². The first-order chi connectivity index (χ1) is 13.8. The van der Waals surface area contributed by atoms with Crippen LogP contribution in [-0.2, 0) is 24.0 Å². The van der Waals surface area contributed by atoms with Crippen molar-refractivity contribution in [2.45, 2.75) is 11.4 Å². The molecule has 2 aliphatic rings. The molecule has 12 nitrogen and oxygen atoms in total. The number of carbonyl (C=O) groups excluding carboxylic acids is 3. The molecule has 2 aliphatic heterocycles. The first kappa shape index (κ1) is 24.4. The molecule has 3 rings (SSSR count). The second kappa shape index (κ2) is 10.5. The summed E-state index contributed by atoms with van der Waals surface area (Å²) in [4.78, 5) is 53.3. The molecule has 30 heavy (non-hydrogen) atoms. The Hall–Kier alpha value is -1.84. The van der Waals surface area contributed by atoms with Gasteiger partial charge in [-0.2, -0.15) is 0 Å². The molecule has 3 amide bonds. The van der Waals surface area contributed by atoms with E-state index in [2.05, 4.69) is 20.0 Å². The van der Waals surface area contributed by atoms with E-state index in [9.17, 15) is 24.3 Å². The Morgan fingerprint density at radius 3 is 2.77 bits per heavy atom. The number of hydrogen-bond acceptors (Lipinski definition) is 9. The van der Waals surface area contributed by atoms with Crippen molar-refractivity contribution in [3.8, 4) is 0 Å². The van der Waals surface area contributed by atoms with Crippen molar-refractivity contribution in [2.75, 3.05) is 19.5 Å². The summed E-state index contributed by atoms with van der Waals surface area (Å²) in [6.45, 7) is -0.347. The number of nitrogens with one attached hydrogen (secondary N) is 1. The number of thioether (sulfide) groups is 1. The van der Waals surface area contributed by atoms with Crippen LogP contribution in [0.2, 0.25) is 0 Å². The number of oxime groups is 1. The number of fused-ring (bicyclic) bond motifs is 1. The number of carbonyl (C=O) groups is 4. The van der Waals surface area contributed by atoms with Gasteiger partial charge in [-0.3, -0.25) is 14.5 Å². The number of nitrogens with two attached hydrogens (primary N) is 1. The van der Waals surface area contributed by atoms with Gasteiger partial charge < -0.3 is 30.1 Å². The molecule has 1 aromatic rings. The molecule has 14 heteroatoms. The fraction of sp³-hybridized carbons (Fsp3) is 0.312. The summed E-state index contributed by atoms with van der Waals surface area (Å²) in [5.41, 5.74) is 4.68. The second-order valence-electron chi connectivity index (χ2n) is 5.83. The summed E-state index contributed by atoms with van der Waals surface area (Å²) in [7, 11) is 1.25. The zero-order valence-corrected chi connectivity index (χ0v) is 15.8. The van der Waals surface area contributed by atoms with Crippen molar-refractivity contribution in [3.63, 3.8) is 0 Å². The zero-order chi connectivity index (χ0) is 21.1. The van der Waals surface area contributed by atoms with E-state index in [0.717, 1.165) is 4.90 Å². The third-order valence-electron chi connectivity index (χ3n) is 4.08. The molecule has 4 N–H and O–H groups in total. The van der Waals surface area contributed by atoms with E-state index in [1.165, 1.54) is 31.2 Å². The molecule has 1 saturated heterocycles. The molecule has 1 aromatic heterocycles. The van der Waals surface area contributed by atoms with E-state index < -0.39 is 35.3 Å². The first-order valence-electron chi connectivity index (χ1n) is 8.13. The molecule has 0 aliphatic carbocycles. The topological polar surface area (TPSA) is 174 Å². The fourth-order valence-corrected chi connectivity index (χ4v) is 4.19. The maximum absolute atomic E-state index is 12.6. The van der Waals surface area contributed by atoms with Gasteiger partial charge in [0.05, 0.1) is 6.26 Å². The molecule has 0 spiro atoms. The van der Waals surface area contributed by atoms with Gasteiger partial charge in [-0.05, 0) is 12.1 Å². The van der Waals surface area contributed by atoms with Crippen LogP contribution >= 0.6 is 11.8 Å². The number of carboxylic acids is 1. The van der Waals surface area contributed by atoms with Gasteiger partial charge >= 0.3 is 63.4 Å². The molecular weight excluding hydrogens is 447 g/mol. The first-order valence-corrected chi connectivity index (χ1v) is 9.18. The van der Waals surface area contributed by atoms with Gasteiger partial charge in [0.2, 0.25) is 5.71 Å². The summed E-state index contributed by atoms with van der Waals surface area (Å²) in [5.74, 6) is -2.38. The number of furan rings is 1. The minimum absolute atomic E-state index is 0. The van der Waals surface area contributed by atoms with Gasteiger partial charge in [-0.15, -0.1) is 11.8 Å². The van der Waals surface area contributed by atoms with Gasteiger partial charge in [0.15, 0.2) is 5.76 Å². The van der Waals surface area contributed by atoms with E-state index in [4.69, 9.17) is 10.2 Å². The number of nitrogens with zero attached hydrogens (tertiary/aromatic N) is 2. The van der Waals surface area contributed by atoms with Crippen LogP contribution in [0.5, 0.6) is 0 Å². The molecule has 0 unspecified atom stereocenters. The molecular formula is C16H17KN4O8S. The van der Waals surface area contributed by atoms with Gasteiger partial charge in [-0.1, -0.05) is 5.16 Å². The van der Waals surface area contributed by atoms with E-state index in [-0.39, 0.29) is 86.5 Å².